The molecule has 1 atom stereocenters. The van der Waals surface area contributed by atoms with Crippen molar-refractivity contribution in [3.05, 3.63) is 16.5 Å². The van der Waals surface area contributed by atoms with Gasteiger partial charge in [-0.15, -0.1) is 11.3 Å². The molecule has 2 rings (SSSR count). The van der Waals surface area contributed by atoms with Gasteiger partial charge in [0.05, 0.1) is 4.34 Å². The van der Waals surface area contributed by atoms with Gasteiger partial charge in [-0.2, -0.15) is 4.31 Å². The van der Waals surface area contributed by atoms with Gasteiger partial charge in [0, 0.05) is 19.0 Å². The molecule has 1 aromatic heterocycles. The van der Waals surface area contributed by atoms with E-state index in [4.69, 9.17) is 11.6 Å². The van der Waals surface area contributed by atoms with Crippen LogP contribution < -0.4 is 0 Å². The number of thiophene rings is 1. The Morgan fingerprint density at radius 1 is 1.40 bits per heavy atom. The minimum absolute atomic E-state index is 0.0290. The van der Waals surface area contributed by atoms with Crippen LogP contribution in [0.15, 0.2) is 16.3 Å². The number of halogens is 1. The summed E-state index contributed by atoms with van der Waals surface area (Å²) in [6.45, 7) is 1.99. The van der Waals surface area contributed by atoms with Crippen LogP contribution in [-0.4, -0.2) is 31.1 Å². The molecule has 20 heavy (non-hydrogen) atoms. The highest BCUT2D eigenvalue weighted by molar-refractivity contribution is 7.91. The first-order valence-corrected chi connectivity index (χ1v) is 9.31. The molecule has 0 N–H and O–H groups in total. The first kappa shape index (κ1) is 15.9. The van der Waals surface area contributed by atoms with Gasteiger partial charge in [-0.3, -0.25) is 4.79 Å². The summed E-state index contributed by atoms with van der Waals surface area (Å²) in [4.78, 5) is 11.4. The fourth-order valence-electron chi connectivity index (χ4n) is 2.55. The van der Waals surface area contributed by atoms with E-state index in [0.29, 0.717) is 17.3 Å². The third-order valence-corrected chi connectivity index (χ3v) is 7.11. The number of carbonyl (C=O) groups excluding carboxylic acids is 1. The first-order valence-electron chi connectivity index (χ1n) is 6.68. The predicted octanol–water partition coefficient (Wildman–Crippen LogP) is 3.31. The SMILES string of the molecule is CC(=O)CC1CCCCCN1S(=O)(=O)c1ccc(Cl)s1. The number of hydrogen-bond acceptors (Lipinski definition) is 4. The smallest absolute Gasteiger partial charge is 0.252 e. The summed E-state index contributed by atoms with van der Waals surface area (Å²) in [6, 6.07) is 2.91. The minimum atomic E-state index is -3.54. The molecular weight excluding hydrogens is 318 g/mol. The molecule has 1 aliphatic heterocycles. The van der Waals surface area contributed by atoms with Crippen LogP contribution in [0, 0.1) is 0 Å². The van der Waals surface area contributed by atoms with Crippen LogP contribution in [-0.2, 0) is 14.8 Å². The van der Waals surface area contributed by atoms with Crippen LogP contribution in [0.1, 0.15) is 39.0 Å². The zero-order valence-corrected chi connectivity index (χ0v) is 13.7. The zero-order chi connectivity index (χ0) is 14.8. The molecule has 7 heteroatoms. The summed E-state index contributed by atoms with van der Waals surface area (Å²) in [5, 5.41) is 0. The van der Waals surface area contributed by atoms with Crippen molar-refractivity contribution in [1.82, 2.24) is 4.31 Å². The molecule has 0 aliphatic carbocycles. The molecule has 0 saturated carbocycles. The zero-order valence-electron chi connectivity index (χ0n) is 11.3. The van der Waals surface area contributed by atoms with Crippen LogP contribution in [0.5, 0.6) is 0 Å². The van der Waals surface area contributed by atoms with Gasteiger partial charge in [-0.1, -0.05) is 24.4 Å². The van der Waals surface area contributed by atoms with Crippen molar-refractivity contribution < 1.29 is 13.2 Å². The number of Topliss-reactive ketones (excluding diaryl/α,β-unsaturated/α-hetero) is 1. The van der Waals surface area contributed by atoms with Crippen LogP contribution in [0.3, 0.4) is 0 Å². The van der Waals surface area contributed by atoms with Gasteiger partial charge in [0.2, 0.25) is 0 Å². The summed E-state index contributed by atoms with van der Waals surface area (Å²) >= 11 is 6.91. The number of ketones is 1. The van der Waals surface area contributed by atoms with Gasteiger partial charge < -0.3 is 0 Å². The van der Waals surface area contributed by atoms with Crippen LogP contribution in [0.25, 0.3) is 0 Å². The van der Waals surface area contributed by atoms with Gasteiger partial charge >= 0.3 is 0 Å². The Labute approximate surface area is 128 Å². The van der Waals surface area contributed by atoms with Crippen LogP contribution in [0.2, 0.25) is 4.34 Å². The van der Waals surface area contributed by atoms with Crippen LogP contribution in [0.4, 0.5) is 0 Å². The van der Waals surface area contributed by atoms with E-state index in [1.165, 1.54) is 17.3 Å². The van der Waals surface area contributed by atoms with Gasteiger partial charge in [0.25, 0.3) is 10.0 Å². The van der Waals surface area contributed by atoms with Crippen molar-refractivity contribution in [2.24, 2.45) is 0 Å². The molecule has 1 aliphatic rings. The van der Waals surface area contributed by atoms with Crippen molar-refractivity contribution in [3.63, 3.8) is 0 Å². The maximum Gasteiger partial charge on any atom is 0.252 e. The van der Waals surface area contributed by atoms with E-state index < -0.39 is 10.0 Å². The lowest BCUT2D eigenvalue weighted by molar-refractivity contribution is -0.117. The first-order chi connectivity index (χ1) is 9.41. The predicted molar refractivity (Wildman–Crippen MR) is 80.8 cm³/mol. The van der Waals surface area contributed by atoms with Gasteiger partial charge in [-0.05, 0) is 31.9 Å². The van der Waals surface area contributed by atoms with E-state index in [-0.39, 0.29) is 16.0 Å². The molecule has 1 fully saturated rings. The summed E-state index contributed by atoms with van der Waals surface area (Å²) < 4.78 is 27.6. The lowest BCUT2D eigenvalue weighted by atomic mass is 10.1. The van der Waals surface area contributed by atoms with E-state index in [1.54, 1.807) is 6.07 Å². The Morgan fingerprint density at radius 2 is 2.15 bits per heavy atom. The molecule has 1 aromatic rings. The monoisotopic (exact) mass is 335 g/mol. The van der Waals surface area contributed by atoms with Crippen molar-refractivity contribution in [2.45, 2.75) is 49.3 Å². The molecule has 0 aromatic carbocycles. The van der Waals surface area contributed by atoms with E-state index in [9.17, 15) is 13.2 Å². The van der Waals surface area contributed by atoms with E-state index in [0.717, 1.165) is 37.0 Å². The summed E-state index contributed by atoms with van der Waals surface area (Å²) in [7, 11) is -3.54. The standard InChI is InChI=1S/C13H18ClNO3S2/c1-10(16)9-11-5-3-2-4-8-15(11)20(17,18)13-7-6-12(14)19-13/h6-7,11H,2-5,8-9H2,1H3. The molecule has 0 amide bonds. The van der Waals surface area contributed by atoms with Gasteiger partial charge in [0.15, 0.2) is 0 Å². The third-order valence-electron chi connectivity index (χ3n) is 3.46. The van der Waals surface area contributed by atoms with Crippen molar-refractivity contribution in [3.8, 4) is 0 Å². The number of rotatable bonds is 4. The molecule has 112 valence electrons. The molecular formula is C13H18ClNO3S2. The molecule has 1 unspecified atom stereocenters. The Morgan fingerprint density at radius 3 is 2.75 bits per heavy atom. The summed E-state index contributed by atoms with van der Waals surface area (Å²) in [6.07, 6.45) is 3.85. The molecule has 0 bridgehead atoms. The number of carbonyl (C=O) groups is 1. The molecule has 0 spiro atoms. The van der Waals surface area contributed by atoms with E-state index >= 15 is 0 Å². The molecule has 4 nitrogen and oxygen atoms in total. The number of sulfonamides is 1. The largest absolute Gasteiger partial charge is 0.300 e. The lowest BCUT2D eigenvalue weighted by Gasteiger charge is -2.27. The molecule has 1 saturated heterocycles. The second-order valence-electron chi connectivity index (χ2n) is 5.08. The molecule has 0 radical (unpaired) electrons. The second kappa shape index (κ2) is 6.56. The Hall–Kier alpha value is -0.430. The van der Waals surface area contributed by atoms with E-state index in [2.05, 4.69) is 0 Å². The van der Waals surface area contributed by atoms with Gasteiger partial charge in [-0.25, -0.2) is 8.42 Å². The minimum Gasteiger partial charge on any atom is -0.300 e. The Bertz CT molecular complexity index is 582. The average Bonchev–Trinajstić information content (AvgIpc) is 2.66. The average molecular weight is 336 g/mol. The van der Waals surface area contributed by atoms with E-state index in [1.807, 2.05) is 0 Å². The Kier molecular flexibility index (Phi) is 5.23. The normalized spacial score (nSPS) is 21.6. The van der Waals surface area contributed by atoms with Gasteiger partial charge in [0.1, 0.15) is 9.99 Å². The maximum atomic E-state index is 12.7. The summed E-state index contributed by atoms with van der Waals surface area (Å²) in [5.41, 5.74) is 0. The molecule has 2 heterocycles. The van der Waals surface area contributed by atoms with Crippen molar-refractivity contribution in [1.29, 1.82) is 0 Å². The topological polar surface area (TPSA) is 54.5 Å². The fraction of sp³-hybridized carbons (Fsp3) is 0.615. The quantitative estimate of drug-likeness (QED) is 0.848. The lowest BCUT2D eigenvalue weighted by Crippen LogP contribution is -2.40. The highest BCUT2D eigenvalue weighted by Crippen LogP contribution is 2.32. The third kappa shape index (κ3) is 3.61. The number of hydrogen-bond donors (Lipinski definition) is 0. The van der Waals surface area contributed by atoms with Crippen molar-refractivity contribution >= 4 is 38.7 Å². The second-order valence-corrected chi connectivity index (χ2v) is 8.92. The van der Waals surface area contributed by atoms with Crippen LogP contribution >= 0.6 is 22.9 Å². The highest BCUT2D eigenvalue weighted by atomic mass is 35.5. The highest BCUT2D eigenvalue weighted by Gasteiger charge is 2.33. The maximum absolute atomic E-state index is 12.7. The summed E-state index contributed by atoms with van der Waals surface area (Å²) in [5.74, 6) is 0.0290. The van der Waals surface area contributed by atoms with Crippen molar-refractivity contribution in [2.75, 3.05) is 6.54 Å². The fourth-order valence-corrected chi connectivity index (χ4v) is 5.86. The number of nitrogens with zero attached hydrogens (tertiary/aromatic N) is 1. The Balaban J connectivity index is 2.32.